The van der Waals surface area contributed by atoms with Gasteiger partial charge in [-0.2, -0.15) is 0 Å². The van der Waals surface area contributed by atoms with E-state index in [1.807, 2.05) is 0 Å². The first-order valence-corrected chi connectivity index (χ1v) is 3.92. The lowest BCUT2D eigenvalue weighted by Crippen LogP contribution is -1.88. The molecule has 63 valence electrons. The van der Waals surface area contributed by atoms with E-state index in [2.05, 4.69) is 0 Å². The SMILES string of the molecule is O=[C]c1cc(F)c(Cl)c(Cl)c1Cl. The molecule has 0 aliphatic carbocycles. The van der Waals surface area contributed by atoms with Crippen LogP contribution in [0.3, 0.4) is 0 Å². The molecule has 0 unspecified atom stereocenters. The van der Waals surface area contributed by atoms with E-state index in [0.29, 0.717) is 0 Å². The monoisotopic (exact) mass is 225 g/mol. The molecule has 0 aliphatic rings. The van der Waals surface area contributed by atoms with Crippen molar-refractivity contribution in [3.8, 4) is 0 Å². The van der Waals surface area contributed by atoms with Gasteiger partial charge in [-0.3, -0.25) is 4.79 Å². The minimum Gasteiger partial charge on any atom is -0.285 e. The molecule has 5 heteroatoms. The largest absolute Gasteiger partial charge is 0.285 e. The van der Waals surface area contributed by atoms with Crippen LogP contribution in [0.25, 0.3) is 0 Å². The van der Waals surface area contributed by atoms with Gasteiger partial charge in [0.15, 0.2) is 0 Å². The average Bonchev–Trinajstić information content (AvgIpc) is 2.08. The van der Waals surface area contributed by atoms with E-state index < -0.39 is 5.82 Å². The highest BCUT2D eigenvalue weighted by Gasteiger charge is 2.13. The van der Waals surface area contributed by atoms with Gasteiger partial charge in [-0.15, -0.1) is 0 Å². The van der Waals surface area contributed by atoms with Crippen LogP contribution in [0.1, 0.15) is 5.56 Å². The summed E-state index contributed by atoms with van der Waals surface area (Å²) >= 11 is 16.4. The molecule has 1 aromatic carbocycles. The molecular weight excluding hydrogens is 225 g/mol. The smallest absolute Gasteiger partial charge is 0.235 e. The van der Waals surface area contributed by atoms with E-state index in [-0.39, 0.29) is 20.6 Å². The van der Waals surface area contributed by atoms with Crippen molar-refractivity contribution in [1.29, 1.82) is 0 Å². The standard InChI is InChI=1S/C7HCl3FO/c8-5-3(2-12)1-4(11)6(9)7(5)10/h1H. The third-order valence-corrected chi connectivity index (χ3v) is 2.55. The van der Waals surface area contributed by atoms with Crippen molar-refractivity contribution in [2.45, 2.75) is 0 Å². The Morgan fingerprint density at radius 1 is 1.17 bits per heavy atom. The summed E-state index contributed by atoms with van der Waals surface area (Å²) in [4.78, 5) is 10.2. The molecule has 0 saturated carbocycles. The minimum absolute atomic E-state index is 0.0851. The fourth-order valence-corrected chi connectivity index (χ4v) is 1.22. The maximum atomic E-state index is 12.8. The molecule has 0 aromatic heterocycles. The van der Waals surface area contributed by atoms with E-state index in [9.17, 15) is 9.18 Å². The predicted octanol–water partition coefficient (Wildman–Crippen LogP) is 3.24. The minimum atomic E-state index is -0.788. The molecule has 0 N–H and O–H groups in total. The lowest BCUT2D eigenvalue weighted by Gasteiger charge is -2.01. The normalized spacial score (nSPS) is 10.0. The molecule has 1 aromatic rings. The Morgan fingerprint density at radius 2 is 1.75 bits per heavy atom. The van der Waals surface area contributed by atoms with E-state index in [1.54, 1.807) is 0 Å². The van der Waals surface area contributed by atoms with Crippen molar-refractivity contribution in [2.24, 2.45) is 0 Å². The van der Waals surface area contributed by atoms with Crippen molar-refractivity contribution in [2.75, 3.05) is 0 Å². The van der Waals surface area contributed by atoms with Crippen LogP contribution < -0.4 is 0 Å². The van der Waals surface area contributed by atoms with E-state index in [0.717, 1.165) is 6.07 Å². The predicted molar refractivity (Wildman–Crippen MR) is 46.2 cm³/mol. The second kappa shape index (κ2) is 3.60. The molecule has 0 fully saturated rings. The molecule has 1 radical (unpaired) electrons. The first kappa shape index (κ1) is 9.78. The zero-order chi connectivity index (χ0) is 9.30. The molecule has 12 heavy (non-hydrogen) atoms. The van der Waals surface area contributed by atoms with E-state index in [1.165, 1.54) is 6.29 Å². The number of rotatable bonds is 1. The molecular formula is C7HCl3FO. The van der Waals surface area contributed by atoms with Crippen molar-refractivity contribution in [3.05, 3.63) is 32.5 Å². The summed E-state index contributed by atoms with van der Waals surface area (Å²) in [5.41, 5.74) is -0.136. The van der Waals surface area contributed by atoms with Gasteiger partial charge in [-0.1, -0.05) is 34.8 Å². The van der Waals surface area contributed by atoms with Gasteiger partial charge in [0.2, 0.25) is 6.29 Å². The molecule has 0 atom stereocenters. The fraction of sp³-hybridized carbons (Fsp3) is 0. The molecule has 0 saturated heterocycles. The zero-order valence-electron chi connectivity index (χ0n) is 5.50. The summed E-state index contributed by atoms with van der Waals surface area (Å²) in [5.74, 6) is -0.788. The number of hydrogen-bond acceptors (Lipinski definition) is 1. The number of carbonyl (C=O) groups excluding carboxylic acids is 1. The molecule has 1 rings (SSSR count). The van der Waals surface area contributed by atoms with Crippen LogP contribution in [-0.4, -0.2) is 6.29 Å². The maximum absolute atomic E-state index is 12.8. The van der Waals surface area contributed by atoms with Gasteiger partial charge in [0, 0.05) is 5.56 Å². The van der Waals surface area contributed by atoms with Crippen molar-refractivity contribution in [1.82, 2.24) is 0 Å². The van der Waals surface area contributed by atoms with Gasteiger partial charge in [-0.05, 0) is 6.07 Å². The third-order valence-electron chi connectivity index (χ3n) is 1.21. The second-order valence-electron chi connectivity index (χ2n) is 1.95. The number of benzene rings is 1. The summed E-state index contributed by atoms with van der Waals surface area (Å²) < 4.78 is 12.8. The van der Waals surface area contributed by atoms with Gasteiger partial charge in [0.25, 0.3) is 0 Å². The first-order valence-electron chi connectivity index (χ1n) is 2.79. The highest BCUT2D eigenvalue weighted by molar-refractivity contribution is 6.48. The highest BCUT2D eigenvalue weighted by Crippen LogP contribution is 2.33. The second-order valence-corrected chi connectivity index (χ2v) is 3.08. The van der Waals surface area contributed by atoms with Gasteiger partial charge in [-0.25, -0.2) is 4.39 Å². The lowest BCUT2D eigenvalue weighted by atomic mass is 10.2. The lowest BCUT2D eigenvalue weighted by molar-refractivity contribution is 0.562. The van der Waals surface area contributed by atoms with Gasteiger partial charge in [0.1, 0.15) is 5.82 Å². The van der Waals surface area contributed by atoms with Crippen LogP contribution in [0, 0.1) is 5.82 Å². The van der Waals surface area contributed by atoms with Crippen LogP contribution in [0.4, 0.5) is 4.39 Å². The van der Waals surface area contributed by atoms with Crippen molar-refractivity contribution < 1.29 is 9.18 Å². The van der Waals surface area contributed by atoms with Gasteiger partial charge in [0.05, 0.1) is 15.1 Å². The Labute approximate surface area is 83.0 Å². The van der Waals surface area contributed by atoms with Crippen LogP contribution in [0.2, 0.25) is 15.1 Å². The van der Waals surface area contributed by atoms with Crippen molar-refractivity contribution >= 4 is 41.1 Å². The molecule has 0 amide bonds. The molecule has 0 heterocycles. The quantitative estimate of drug-likeness (QED) is 0.531. The van der Waals surface area contributed by atoms with Crippen LogP contribution in [-0.2, 0) is 4.79 Å². The Balaban J connectivity index is 3.49. The Bertz CT molecular complexity index is 338. The van der Waals surface area contributed by atoms with Crippen molar-refractivity contribution in [3.63, 3.8) is 0 Å². The zero-order valence-corrected chi connectivity index (χ0v) is 7.77. The molecule has 0 spiro atoms. The summed E-state index contributed by atoms with van der Waals surface area (Å²) in [7, 11) is 0. The first-order chi connectivity index (χ1) is 5.57. The van der Waals surface area contributed by atoms with E-state index >= 15 is 0 Å². The Morgan fingerprint density at radius 3 is 2.25 bits per heavy atom. The van der Waals surface area contributed by atoms with Gasteiger partial charge >= 0.3 is 0 Å². The third kappa shape index (κ3) is 1.56. The van der Waals surface area contributed by atoms with Crippen LogP contribution in [0.15, 0.2) is 6.07 Å². The average molecular weight is 226 g/mol. The molecule has 1 nitrogen and oxygen atoms in total. The maximum Gasteiger partial charge on any atom is 0.235 e. The summed E-state index contributed by atoms with van der Waals surface area (Å²) in [6, 6.07) is 0.879. The number of hydrogen-bond donors (Lipinski definition) is 0. The topological polar surface area (TPSA) is 17.1 Å². The summed E-state index contributed by atoms with van der Waals surface area (Å²) in [5, 5.41) is -0.546. The molecule has 0 bridgehead atoms. The van der Waals surface area contributed by atoms with E-state index in [4.69, 9.17) is 34.8 Å². The summed E-state index contributed by atoms with van der Waals surface area (Å²) in [6.45, 7) is 0. The van der Waals surface area contributed by atoms with Crippen LogP contribution >= 0.6 is 34.8 Å². The summed E-state index contributed by atoms with van der Waals surface area (Å²) in [6.07, 6.45) is 1.44. The highest BCUT2D eigenvalue weighted by atomic mass is 35.5. The van der Waals surface area contributed by atoms with Gasteiger partial charge < -0.3 is 0 Å². The number of halogens is 4. The fourth-order valence-electron chi connectivity index (χ4n) is 0.647. The molecule has 0 aliphatic heterocycles. The Hall–Kier alpha value is -0.310. The Kier molecular flexibility index (Phi) is 2.94. The van der Waals surface area contributed by atoms with Crippen LogP contribution in [0.5, 0.6) is 0 Å².